The summed E-state index contributed by atoms with van der Waals surface area (Å²) in [6.07, 6.45) is 3.17. The molecule has 0 spiro atoms. The van der Waals surface area contributed by atoms with Crippen molar-refractivity contribution in [2.45, 2.75) is 6.42 Å². The lowest BCUT2D eigenvalue weighted by atomic mass is 10.0. The Kier molecular flexibility index (Phi) is 2.52. The van der Waals surface area contributed by atoms with E-state index in [0.717, 1.165) is 12.0 Å². The van der Waals surface area contributed by atoms with E-state index in [4.69, 9.17) is 0 Å². The fourth-order valence-electron chi connectivity index (χ4n) is 2.14. The molecule has 1 aliphatic carbocycles. The molecule has 0 bridgehead atoms. The molecule has 1 nitrogen and oxygen atoms in total. The van der Waals surface area contributed by atoms with Gasteiger partial charge in [-0.2, -0.15) is 0 Å². The largest absolute Gasteiger partial charge is 0.508 e. The molecule has 0 aliphatic heterocycles. The predicted molar refractivity (Wildman–Crippen MR) is 74.2 cm³/mol. The van der Waals surface area contributed by atoms with Crippen LogP contribution in [0.1, 0.15) is 11.1 Å². The van der Waals surface area contributed by atoms with Gasteiger partial charge in [-0.1, -0.05) is 52.3 Å². The van der Waals surface area contributed by atoms with Crippen molar-refractivity contribution < 1.29 is 5.11 Å². The molecule has 84 valence electrons. The fourth-order valence-corrected chi connectivity index (χ4v) is 2.69. The van der Waals surface area contributed by atoms with Crippen LogP contribution in [0, 0.1) is 0 Å². The zero-order valence-electron chi connectivity index (χ0n) is 9.15. The first-order valence-corrected chi connectivity index (χ1v) is 6.32. The predicted octanol–water partition coefficient (Wildman–Crippen LogP) is 4.35. The Labute approximate surface area is 109 Å². The molecule has 2 heteroatoms. The number of halogens is 1. The highest BCUT2D eigenvalue weighted by molar-refractivity contribution is 9.15. The van der Waals surface area contributed by atoms with Crippen molar-refractivity contribution in [3.8, 4) is 16.9 Å². The van der Waals surface area contributed by atoms with Crippen LogP contribution < -0.4 is 0 Å². The first kappa shape index (κ1) is 10.6. The third kappa shape index (κ3) is 1.89. The molecule has 2 aromatic carbocycles. The maximum absolute atomic E-state index is 9.28. The van der Waals surface area contributed by atoms with Gasteiger partial charge in [0.25, 0.3) is 0 Å². The third-order valence-electron chi connectivity index (χ3n) is 3.06. The Balaban J connectivity index is 2.04. The van der Waals surface area contributed by atoms with Gasteiger partial charge in [-0.15, -0.1) is 0 Å². The summed E-state index contributed by atoms with van der Waals surface area (Å²) in [6, 6.07) is 13.8. The molecule has 0 saturated heterocycles. The van der Waals surface area contributed by atoms with Crippen molar-refractivity contribution in [3.05, 3.63) is 59.7 Å². The molecule has 0 radical (unpaired) electrons. The van der Waals surface area contributed by atoms with Crippen molar-refractivity contribution >= 4 is 20.4 Å². The van der Waals surface area contributed by atoms with Crippen molar-refractivity contribution in [1.82, 2.24) is 0 Å². The smallest absolute Gasteiger partial charge is 0.115 e. The molecular formula is C15H11BrO. The van der Waals surface area contributed by atoms with E-state index in [2.05, 4.69) is 40.2 Å². The molecule has 2 aromatic rings. The molecule has 1 N–H and O–H groups in total. The van der Waals surface area contributed by atoms with Gasteiger partial charge in [0.1, 0.15) is 5.75 Å². The van der Waals surface area contributed by atoms with Crippen molar-refractivity contribution in [3.63, 3.8) is 0 Å². The monoisotopic (exact) mass is 286 g/mol. The standard InChI is InChI=1S/C15H11BrO/c16-15-8-4-12-9-11(3-7-14(12)15)10-1-5-13(17)6-2-10/h1-3,5-9,17H,4H2. The lowest BCUT2D eigenvalue weighted by Crippen LogP contribution is -1.85. The van der Waals surface area contributed by atoms with Gasteiger partial charge >= 0.3 is 0 Å². The summed E-state index contributed by atoms with van der Waals surface area (Å²) < 4.78 is 1.18. The van der Waals surface area contributed by atoms with E-state index >= 15 is 0 Å². The second-order valence-corrected chi connectivity index (χ2v) is 5.03. The normalized spacial score (nSPS) is 13.4. The molecule has 0 fully saturated rings. The van der Waals surface area contributed by atoms with Crippen LogP contribution in [-0.4, -0.2) is 5.11 Å². The van der Waals surface area contributed by atoms with E-state index < -0.39 is 0 Å². The SMILES string of the molecule is Oc1ccc(-c2ccc3c(c2)CC=C3Br)cc1. The maximum Gasteiger partial charge on any atom is 0.115 e. The Morgan fingerprint density at radius 3 is 2.41 bits per heavy atom. The first-order valence-electron chi connectivity index (χ1n) is 5.52. The van der Waals surface area contributed by atoms with Gasteiger partial charge in [0.15, 0.2) is 0 Å². The highest BCUT2D eigenvalue weighted by Gasteiger charge is 2.12. The summed E-state index contributed by atoms with van der Waals surface area (Å²) >= 11 is 3.56. The zero-order valence-corrected chi connectivity index (χ0v) is 10.7. The topological polar surface area (TPSA) is 20.2 Å². The quantitative estimate of drug-likeness (QED) is 0.826. The lowest BCUT2D eigenvalue weighted by Gasteiger charge is -2.06. The summed E-state index contributed by atoms with van der Waals surface area (Å²) in [5.41, 5.74) is 4.96. The van der Waals surface area contributed by atoms with Crippen LogP contribution in [0.3, 0.4) is 0 Å². The minimum absolute atomic E-state index is 0.305. The minimum Gasteiger partial charge on any atom is -0.508 e. The van der Waals surface area contributed by atoms with E-state index in [1.165, 1.54) is 21.2 Å². The van der Waals surface area contributed by atoms with Gasteiger partial charge in [0.2, 0.25) is 0 Å². The number of benzene rings is 2. The van der Waals surface area contributed by atoms with E-state index in [1.54, 1.807) is 12.1 Å². The van der Waals surface area contributed by atoms with Crippen LogP contribution in [0.2, 0.25) is 0 Å². The molecule has 0 saturated carbocycles. The first-order chi connectivity index (χ1) is 8.24. The Morgan fingerprint density at radius 2 is 1.65 bits per heavy atom. The van der Waals surface area contributed by atoms with E-state index in [9.17, 15) is 5.11 Å². The molecule has 0 unspecified atom stereocenters. The van der Waals surface area contributed by atoms with Crippen molar-refractivity contribution in [2.75, 3.05) is 0 Å². The summed E-state index contributed by atoms with van der Waals surface area (Å²) in [5.74, 6) is 0.305. The average molecular weight is 287 g/mol. The minimum atomic E-state index is 0.305. The van der Waals surface area contributed by atoms with E-state index in [1.807, 2.05) is 12.1 Å². The third-order valence-corrected chi connectivity index (χ3v) is 3.82. The van der Waals surface area contributed by atoms with Gasteiger partial charge in [-0.3, -0.25) is 0 Å². The number of aromatic hydroxyl groups is 1. The number of phenolic OH excluding ortho intramolecular Hbond substituents is 1. The van der Waals surface area contributed by atoms with Crippen LogP contribution >= 0.6 is 15.9 Å². The van der Waals surface area contributed by atoms with Crippen LogP contribution in [-0.2, 0) is 6.42 Å². The van der Waals surface area contributed by atoms with E-state index in [-0.39, 0.29) is 0 Å². The Hall–Kier alpha value is -1.54. The van der Waals surface area contributed by atoms with Gasteiger partial charge in [-0.05, 0) is 40.8 Å². The molecular weight excluding hydrogens is 276 g/mol. The summed E-state index contributed by atoms with van der Waals surface area (Å²) in [6.45, 7) is 0. The van der Waals surface area contributed by atoms with Gasteiger partial charge in [0.05, 0.1) is 0 Å². The molecule has 0 aromatic heterocycles. The number of allylic oxidation sites excluding steroid dienone is 1. The molecule has 1 aliphatic rings. The second kappa shape index (κ2) is 4.04. The number of phenols is 1. The van der Waals surface area contributed by atoms with Crippen molar-refractivity contribution in [2.24, 2.45) is 0 Å². The Bertz CT molecular complexity index is 597. The molecule has 3 rings (SSSR count). The van der Waals surface area contributed by atoms with Crippen LogP contribution in [0.4, 0.5) is 0 Å². The molecule has 0 heterocycles. The Morgan fingerprint density at radius 1 is 0.941 bits per heavy atom. The van der Waals surface area contributed by atoms with Gasteiger partial charge in [-0.25, -0.2) is 0 Å². The van der Waals surface area contributed by atoms with Crippen LogP contribution in [0.5, 0.6) is 5.75 Å². The maximum atomic E-state index is 9.28. The number of hydrogen-bond donors (Lipinski definition) is 1. The molecule has 0 atom stereocenters. The van der Waals surface area contributed by atoms with E-state index in [0.29, 0.717) is 5.75 Å². The fraction of sp³-hybridized carbons (Fsp3) is 0.0667. The lowest BCUT2D eigenvalue weighted by molar-refractivity contribution is 0.475. The highest BCUT2D eigenvalue weighted by Crippen LogP contribution is 2.34. The van der Waals surface area contributed by atoms with Crippen LogP contribution in [0.15, 0.2) is 48.5 Å². The zero-order chi connectivity index (χ0) is 11.8. The van der Waals surface area contributed by atoms with Crippen molar-refractivity contribution in [1.29, 1.82) is 0 Å². The molecule has 0 amide bonds. The number of fused-ring (bicyclic) bond motifs is 1. The number of hydrogen-bond acceptors (Lipinski definition) is 1. The summed E-state index contributed by atoms with van der Waals surface area (Å²) in [7, 11) is 0. The summed E-state index contributed by atoms with van der Waals surface area (Å²) in [5, 5.41) is 9.28. The van der Waals surface area contributed by atoms with Gasteiger partial charge in [0, 0.05) is 4.48 Å². The second-order valence-electron chi connectivity index (χ2n) is 4.17. The van der Waals surface area contributed by atoms with Crippen LogP contribution in [0.25, 0.3) is 15.6 Å². The number of rotatable bonds is 1. The van der Waals surface area contributed by atoms with Gasteiger partial charge < -0.3 is 5.11 Å². The summed E-state index contributed by atoms with van der Waals surface area (Å²) in [4.78, 5) is 0. The average Bonchev–Trinajstić information content (AvgIpc) is 2.72. The molecule has 17 heavy (non-hydrogen) atoms. The highest BCUT2D eigenvalue weighted by atomic mass is 79.9.